The molecule has 0 aromatic heterocycles. The lowest BCUT2D eigenvalue weighted by Crippen LogP contribution is -2.30. The first-order valence-electron chi connectivity index (χ1n) is 6.72. The third-order valence-corrected chi connectivity index (χ3v) is 5.47. The van der Waals surface area contributed by atoms with E-state index in [1.54, 1.807) is 34.9 Å². The van der Waals surface area contributed by atoms with Crippen molar-refractivity contribution in [2.45, 2.75) is 17.9 Å². The largest absolute Gasteiger partial charge is 0.307 e. The van der Waals surface area contributed by atoms with Crippen LogP contribution in [0.15, 0.2) is 41.3 Å². The monoisotopic (exact) mass is 371 g/mol. The van der Waals surface area contributed by atoms with Gasteiger partial charge in [-0.2, -0.15) is 0 Å². The van der Waals surface area contributed by atoms with E-state index >= 15 is 0 Å². The summed E-state index contributed by atoms with van der Waals surface area (Å²) in [5, 5.41) is 1.71. The van der Waals surface area contributed by atoms with Crippen molar-refractivity contribution in [2.75, 3.05) is 10.7 Å². The Labute approximate surface area is 148 Å². The number of hydrogen-bond acceptors (Lipinski definition) is 2. The van der Waals surface area contributed by atoms with E-state index < -0.39 is 0 Å². The van der Waals surface area contributed by atoms with Gasteiger partial charge in [-0.3, -0.25) is 4.79 Å². The van der Waals surface area contributed by atoms with E-state index in [1.165, 1.54) is 0 Å². The van der Waals surface area contributed by atoms with E-state index in [0.29, 0.717) is 28.0 Å². The summed E-state index contributed by atoms with van der Waals surface area (Å²) >= 11 is 20.3. The third-order valence-electron chi connectivity index (χ3n) is 3.46. The summed E-state index contributed by atoms with van der Waals surface area (Å²) in [4.78, 5) is 15.3. The van der Waals surface area contributed by atoms with Gasteiger partial charge in [-0.15, -0.1) is 11.8 Å². The Morgan fingerprint density at radius 1 is 1.09 bits per heavy atom. The Balaban J connectivity index is 2.05. The number of rotatable bonds is 2. The van der Waals surface area contributed by atoms with Gasteiger partial charge in [0.15, 0.2) is 0 Å². The van der Waals surface area contributed by atoms with E-state index in [0.717, 1.165) is 21.9 Å². The molecule has 1 aliphatic rings. The second kappa shape index (κ2) is 6.71. The molecule has 0 unspecified atom stereocenters. The molecule has 1 aliphatic heterocycles. The molecule has 0 bridgehead atoms. The minimum atomic E-state index is 0.0458. The van der Waals surface area contributed by atoms with Crippen LogP contribution in [0.25, 0.3) is 0 Å². The predicted molar refractivity (Wildman–Crippen MR) is 94.4 cm³/mol. The van der Waals surface area contributed by atoms with E-state index in [9.17, 15) is 4.79 Å². The van der Waals surface area contributed by atoms with Crippen molar-refractivity contribution in [2.24, 2.45) is 0 Å². The van der Waals surface area contributed by atoms with E-state index in [1.807, 2.05) is 18.2 Å². The van der Waals surface area contributed by atoms with Crippen LogP contribution in [0, 0.1) is 0 Å². The zero-order chi connectivity index (χ0) is 15.7. The van der Waals surface area contributed by atoms with E-state index in [2.05, 4.69) is 0 Å². The number of amides is 1. The summed E-state index contributed by atoms with van der Waals surface area (Å²) < 4.78 is 0. The minimum absolute atomic E-state index is 0.0458. The second-order valence-electron chi connectivity index (χ2n) is 4.89. The van der Waals surface area contributed by atoms with Crippen molar-refractivity contribution in [1.29, 1.82) is 0 Å². The molecule has 6 heteroatoms. The highest BCUT2D eigenvalue weighted by Crippen LogP contribution is 2.38. The van der Waals surface area contributed by atoms with Crippen LogP contribution in [0.4, 0.5) is 5.69 Å². The Bertz CT molecular complexity index is 715. The molecule has 3 rings (SSSR count). The summed E-state index contributed by atoms with van der Waals surface area (Å²) in [7, 11) is 0. The fourth-order valence-electron chi connectivity index (χ4n) is 2.36. The maximum absolute atomic E-state index is 12.5. The van der Waals surface area contributed by atoms with Gasteiger partial charge in [0.05, 0.1) is 12.2 Å². The fraction of sp³-hybridized carbons (Fsp3) is 0.188. The molecular weight excluding hydrogens is 361 g/mol. The molecule has 0 spiro atoms. The van der Waals surface area contributed by atoms with Crippen LogP contribution < -0.4 is 4.90 Å². The van der Waals surface area contributed by atoms with Crippen LogP contribution in [0.1, 0.15) is 12.0 Å². The number of carbonyl (C=O) groups excluding carboxylic acids is 1. The van der Waals surface area contributed by atoms with Gasteiger partial charge < -0.3 is 4.90 Å². The SMILES string of the molecule is O=C1CCSc2ccc(Cl)cc2N1Cc1c(Cl)cccc1Cl. The number of hydrogen-bond donors (Lipinski definition) is 0. The van der Waals surface area contributed by atoms with E-state index in [-0.39, 0.29) is 5.91 Å². The maximum Gasteiger partial charge on any atom is 0.228 e. The summed E-state index contributed by atoms with van der Waals surface area (Å²) in [5.41, 5.74) is 1.56. The van der Waals surface area contributed by atoms with Crippen molar-refractivity contribution in [3.05, 3.63) is 57.0 Å². The molecule has 22 heavy (non-hydrogen) atoms. The van der Waals surface area contributed by atoms with Crippen molar-refractivity contribution in [1.82, 2.24) is 0 Å². The Morgan fingerprint density at radius 3 is 2.55 bits per heavy atom. The highest BCUT2D eigenvalue weighted by Gasteiger charge is 2.24. The molecule has 114 valence electrons. The highest BCUT2D eigenvalue weighted by atomic mass is 35.5. The number of thioether (sulfide) groups is 1. The summed E-state index contributed by atoms with van der Waals surface area (Å²) in [6.45, 7) is 0.339. The van der Waals surface area contributed by atoms with Crippen molar-refractivity contribution >= 4 is 58.2 Å². The van der Waals surface area contributed by atoms with Gasteiger partial charge in [0.1, 0.15) is 0 Å². The standard InChI is InChI=1S/C16H12Cl3NOS/c17-10-4-5-15-14(8-10)20(16(21)6-7-22-15)9-11-12(18)2-1-3-13(11)19/h1-5,8H,6-7,9H2. The van der Waals surface area contributed by atoms with Gasteiger partial charge in [0.2, 0.25) is 5.91 Å². The number of benzene rings is 2. The zero-order valence-electron chi connectivity index (χ0n) is 11.5. The van der Waals surface area contributed by atoms with Gasteiger partial charge in [-0.05, 0) is 30.3 Å². The molecule has 2 aromatic carbocycles. The van der Waals surface area contributed by atoms with Crippen LogP contribution >= 0.6 is 46.6 Å². The summed E-state index contributed by atoms with van der Waals surface area (Å²) in [5.74, 6) is 0.796. The number of carbonyl (C=O) groups is 1. The van der Waals surface area contributed by atoms with Crippen LogP contribution in [0.2, 0.25) is 15.1 Å². The van der Waals surface area contributed by atoms with E-state index in [4.69, 9.17) is 34.8 Å². The molecule has 0 N–H and O–H groups in total. The first kappa shape index (κ1) is 16.0. The molecular formula is C16H12Cl3NOS. The van der Waals surface area contributed by atoms with Gasteiger partial charge in [-0.1, -0.05) is 40.9 Å². The molecule has 0 fully saturated rings. The first-order valence-corrected chi connectivity index (χ1v) is 8.84. The normalized spacial score (nSPS) is 14.7. The number of halogens is 3. The molecule has 2 nitrogen and oxygen atoms in total. The number of fused-ring (bicyclic) bond motifs is 1. The molecule has 2 aromatic rings. The van der Waals surface area contributed by atoms with Crippen LogP contribution in [-0.2, 0) is 11.3 Å². The average molecular weight is 373 g/mol. The molecule has 0 aliphatic carbocycles. The highest BCUT2D eigenvalue weighted by molar-refractivity contribution is 7.99. The Morgan fingerprint density at radius 2 is 1.82 bits per heavy atom. The molecule has 0 saturated carbocycles. The lowest BCUT2D eigenvalue weighted by Gasteiger charge is -2.24. The number of anilines is 1. The van der Waals surface area contributed by atoms with Crippen molar-refractivity contribution in [3.63, 3.8) is 0 Å². The third kappa shape index (κ3) is 3.23. The van der Waals surface area contributed by atoms with Crippen LogP contribution in [-0.4, -0.2) is 11.7 Å². The summed E-state index contributed by atoms with van der Waals surface area (Å²) in [6.07, 6.45) is 0.471. The average Bonchev–Trinajstić information content (AvgIpc) is 2.62. The molecule has 0 atom stereocenters. The molecule has 1 amide bonds. The van der Waals surface area contributed by atoms with Crippen molar-refractivity contribution < 1.29 is 4.79 Å². The molecule has 0 saturated heterocycles. The zero-order valence-corrected chi connectivity index (χ0v) is 14.6. The maximum atomic E-state index is 12.5. The quantitative estimate of drug-likeness (QED) is 0.676. The van der Waals surface area contributed by atoms with Gasteiger partial charge in [0.25, 0.3) is 0 Å². The fourth-order valence-corrected chi connectivity index (χ4v) is 4.02. The van der Waals surface area contributed by atoms with Crippen LogP contribution in [0.3, 0.4) is 0 Å². The Hall–Kier alpha value is -0.870. The van der Waals surface area contributed by atoms with Crippen molar-refractivity contribution in [3.8, 4) is 0 Å². The van der Waals surface area contributed by atoms with Gasteiger partial charge >= 0.3 is 0 Å². The lowest BCUT2D eigenvalue weighted by atomic mass is 10.1. The first-order chi connectivity index (χ1) is 10.6. The van der Waals surface area contributed by atoms with Gasteiger partial charge in [-0.25, -0.2) is 0 Å². The molecule has 1 heterocycles. The smallest absolute Gasteiger partial charge is 0.228 e. The van der Waals surface area contributed by atoms with Gasteiger partial charge in [0, 0.05) is 37.7 Å². The Kier molecular flexibility index (Phi) is 4.88. The second-order valence-corrected chi connectivity index (χ2v) is 7.28. The molecule has 0 radical (unpaired) electrons. The number of nitrogens with zero attached hydrogens (tertiary/aromatic N) is 1. The lowest BCUT2D eigenvalue weighted by molar-refractivity contribution is -0.118. The van der Waals surface area contributed by atoms with Crippen LogP contribution in [0.5, 0.6) is 0 Å². The summed E-state index contributed by atoms with van der Waals surface area (Å²) in [6, 6.07) is 10.9. The topological polar surface area (TPSA) is 20.3 Å². The predicted octanol–water partition coefficient (Wildman–Crippen LogP) is 5.68. The minimum Gasteiger partial charge on any atom is -0.307 e.